The van der Waals surface area contributed by atoms with Gasteiger partial charge >= 0.3 is 0 Å². The summed E-state index contributed by atoms with van der Waals surface area (Å²) in [6.45, 7) is 4.76. The standard InChI is InChI=1S/C22H22FNO4/c1-14(2)13-28-18-9-5-16(6-10-18)19-20(25)22(27)24(21(19)26)12-11-15-3-7-17(23)8-4-15/h3-10,14,25H,11-13H2,1-2H3. The van der Waals surface area contributed by atoms with Gasteiger partial charge in [0.2, 0.25) is 0 Å². The average Bonchev–Trinajstić information content (AvgIpc) is 2.89. The second kappa shape index (κ2) is 8.25. The van der Waals surface area contributed by atoms with Crippen molar-refractivity contribution in [2.24, 2.45) is 5.92 Å². The van der Waals surface area contributed by atoms with Gasteiger partial charge in [-0.2, -0.15) is 0 Å². The van der Waals surface area contributed by atoms with Gasteiger partial charge in [0, 0.05) is 6.54 Å². The SMILES string of the molecule is CC(C)COc1ccc(C2=C(O)C(=O)N(CCc3ccc(F)cc3)C2=O)cc1. The Kier molecular flexibility index (Phi) is 5.78. The molecule has 1 heterocycles. The molecule has 1 aliphatic heterocycles. The van der Waals surface area contributed by atoms with Crippen molar-refractivity contribution >= 4 is 17.4 Å². The Balaban J connectivity index is 1.71. The molecule has 0 saturated carbocycles. The molecule has 2 aromatic rings. The van der Waals surface area contributed by atoms with Crippen LogP contribution in [0.5, 0.6) is 5.75 Å². The number of imide groups is 1. The molecule has 0 radical (unpaired) electrons. The molecule has 2 aromatic carbocycles. The van der Waals surface area contributed by atoms with Crippen LogP contribution < -0.4 is 4.74 Å². The van der Waals surface area contributed by atoms with Gasteiger partial charge in [-0.1, -0.05) is 38.1 Å². The number of hydrogen-bond acceptors (Lipinski definition) is 4. The van der Waals surface area contributed by atoms with Crippen LogP contribution in [0.2, 0.25) is 0 Å². The summed E-state index contributed by atoms with van der Waals surface area (Å²) < 4.78 is 18.6. The van der Waals surface area contributed by atoms with E-state index in [2.05, 4.69) is 0 Å². The van der Waals surface area contributed by atoms with E-state index in [0.29, 0.717) is 30.3 Å². The number of carbonyl (C=O) groups excluding carboxylic acids is 2. The minimum Gasteiger partial charge on any atom is -0.502 e. The Morgan fingerprint density at radius 1 is 1.00 bits per heavy atom. The fraction of sp³-hybridized carbons (Fsp3) is 0.273. The number of benzene rings is 2. The summed E-state index contributed by atoms with van der Waals surface area (Å²) in [5.74, 6) is -1.13. The van der Waals surface area contributed by atoms with Crippen LogP contribution in [0.15, 0.2) is 54.3 Å². The zero-order valence-electron chi connectivity index (χ0n) is 15.8. The molecule has 0 unspecified atom stereocenters. The Morgan fingerprint density at radius 2 is 1.64 bits per heavy atom. The van der Waals surface area contributed by atoms with E-state index in [1.165, 1.54) is 12.1 Å². The van der Waals surface area contributed by atoms with Gasteiger partial charge in [0.25, 0.3) is 11.8 Å². The zero-order chi connectivity index (χ0) is 20.3. The van der Waals surface area contributed by atoms with Crippen LogP contribution in [0.25, 0.3) is 5.57 Å². The molecular weight excluding hydrogens is 361 g/mol. The maximum atomic E-state index is 13.0. The first-order chi connectivity index (χ1) is 13.4. The van der Waals surface area contributed by atoms with Gasteiger partial charge in [-0.3, -0.25) is 14.5 Å². The lowest BCUT2D eigenvalue weighted by Gasteiger charge is -2.14. The van der Waals surface area contributed by atoms with Gasteiger partial charge in [-0.15, -0.1) is 0 Å². The van der Waals surface area contributed by atoms with E-state index in [4.69, 9.17) is 4.74 Å². The van der Waals surface area contributed by atoms with Crippen LogP contribution >= 0.6 is 0 Å². The lowest BCUT2D eigenvalue weighted by molar-refractivity contribution is -0.138. The van der Waals surface area contributed by atoms with Crippen molar-refractivity contribution < 1.29 is 23.8 Å². The van der Waals surface area contributed by atoms with Crippen molar-refractivity contribution in [2.75, 3.05) is 13.2 Å². The topological polar surface area (TPSA) is 66.8 Å². The highest BCUT2D eigenvalue weighted by Gasteiger charge is 2.38. The lowest BCUT2D eigenvalue weighted by Crippen LogP contribution is -2.33. The zero-order valence-corrected chi connectivity index (χ0v) is 15.8. The normalized spacial score (nSPS) is 14.4. The highest BCUT2D eigenvalue weighted by Crippen LogP contribution is 2.29. The average molecular weight is 383 g/mol. The maximum absolute atomic E-state index is 13.0. The Bertz CT molecular complexity index is 901. The van der Waals surface area contributed by atoms with E-state index in [-0.39, 0.29) is 17.9 Å². The summed E-state index contributed by atoms with van der Waals surface area (Å²) in [6, 6.07) is 12.6. The molecular formula is C22H22FNO4. The molecule has 0 bridgehead atoms. The molecule has 5 nitrogen and oxygen atoms in total. The summed E-state index contributed by atoms with van der Waals surface area (Å²) in [4.78, 5) is 26.0. The van der Waals surface area contributed by atoms with Crippen LogP contribution in [0.4, 0.5) is 4.39 Å². The minimum atomic E-state index is -0.720. The number of nitrogens with zero attached hydrogens (tertiary/aromatic N) is 1. The van der Waals surface area contributed by atoms with Crippen LogP contribution in [-0.4, -0.2) is 35.0 Å². The van der Waals surface area contributed by atoms with E-state index in [0.717, 1.165) is 10.5 Å². The van der Waals surface area contributed by atoms with E-state index in [1.807, 2.05) is 13.8 Å². The third-order valence-corrected chi connectivity index (χ3v) is 4.41. The van der Waals surface area contributed by atoms with Gasteiger partial charge in [0.05, 0.1) is 12.2 Å². The number of aliphatic hydroxyl groups is 1. The molecule has 0 atom stereocenters. The molecule has 0 spiro atoms. The van der Waals surface area contributed by atoms with Gasteiger partial charge in [-0.05, 0) is 47.7 Å². The lowest BCUT2D eigenvalue weighted by atomic mass is 10.1. The Labute approximate surface area is 163 Å². The first kappa shape index (κ1) is 19.6. The third kappa shape index (κ3) is 4.22. The molecule has 1 aliphatic rings. The maximum Gasteiger partial charge on any atom is 0.296 e. The second-order valence-electron chi connectivity index (χ2n) is 7.09. The Morgan fingerprint density at radius 3 is 2.25 bits per heavy atom. The van der Waals surface area contributed by atoms with E-state index >= 15 is 0 Å². The predicted octanol–water partition coefficient (Wildman–Crippen LogP) is 3.74. The van der Waals surface area contributed by atoms with Crippen molar-refractivity contribution in [1.29, 1.82) is 0 Å². The van der Waals surface area contributed by atoms with Crippen LogP contribution in [0, 0.1) is 11.7 Å². The van der Waals surface area contributed by atoms with Gasteiger partial charge in [0.1, 0.15) is 11.6 Å². The van der Waals surface area contributed by atoms with Crippen LogP contribution in [0.1, 0.15) is 25.0 Å². The molecule has 28 heavy (non-hydrogen) atoms. The van der Waals surface area contributed by atoms with Crippen molar-refractivity contribution in [3.05, 3.63) is 71.2 Å². The highest BCUT2D eigenvalue weighted by atomic mass is 19.1. The van der Waals surface area contributed by atoms with Gasteiger partial charge in [-0.25, -0.2) is 4.39 Å². The summed E-state index contributed by atoms with van der Waals surface area (Å²) in [5.41, 5.74) is 1.23. The number of ether oxygens (including phenoxy) is 1. The van der Waals surface area contributed by atoms with Crippen LogP contribution in [0.3, 0.4) is 0 Å². The first-order valence-corrected chi connectivity index (χ1v) is 9.14. The van der Waals surface area contributed by atoms with Crippen molar-refractivity contribution in [2.45, 2.75) is 20.3 Å². The number of rotatable bonds is 7. The summed E-state index contributed by atoms with van der Waals surface area (Å²) >= 11 is 0. The first-order valence-electron chi connectivity index (χ1n) is 9.14. The number of halogens is 1. The fourth-order valence-electron chi connectivity index (χ4n) is 2.90. The molecule has 0 saturated heterocycles. The Hall–Kier alpha value is -3.15. The van der Waals surface area contributed by atoms with Gasteiger partial charge < -0.3 is 9.84 Å². The molecule has 2 amide bonds. The smallest absolute Gasteiger partial charge is 0.296 e. The summed E-state index contributed by atoms with van der Waals surface area (Å²) in [5, 5.41) is 10.2. The van der Waals surface area contributed by atoms with Crippen LogP contribution in [-0.2, 0) is 16.0 Å². The monoisotopic (exact) mass is 383 g/mol. The van der Waals surface area contributed by atoms with Gasteiger partial charge in [0.15, 0.2) is 5.76 Å². The molecule has 1 N–H and O–H groups in total. The molecule has 0 aliphatic carbocycles. The summed E-state index contributed by atoms with van der Waals surface area (Å²) in [7, 11) is 0. The molecule has 3 rings (SSSR count). The molecule has 0 fully saturated rings. The largest absolute Gasteiger partial charge is 0.502 e. The number of hydrogen-bond donors (Lipinski definition) is 1. The molecule has 0 aromatic heterocycles. The van der Waals surface area contributed by atoms with E-state index < -0.39 is 17.6 Å². The fourth-order valence-corrected chi connectivity index (χ4v) is 2.90. The highest BCUT2D eigenvalue weighted by molar-refractivity contribution is 6.34. The number of carbonyl (C=O) groups is 2. The number of aliphatic hydroxyl groups excluding tert-OH is 1. The van der Waals surface area contributed by atoms with E-state index in [9.17, 15) is 19.1 Å². The minimum absolute atomic E-state index is 0.0143. The summed E-state index contributed by atoms with van der Waals surface area (Å²) in [6.07, 6.45) is 0.375. The predicted molar refractivity (Wildman–Crippen MR) is 103 cm³/mol. The number of amides is 2. The quantitative estimate of drug-likeness (QED) is 0.740. The third-order valence-electron chi connectivity index (χ3n) is 4.41. The van der Waals surface area contributed by atoms with Crippen molar-refractivity contribution in [3.63, 3.8) is 0 Å². The van der Waals surface area contributed by atoms with Crippen molar-refractivity contribution in [3.8, 4) is 5.75 Å². The second-order valence-corrected chi connectivity index (χ2v) is 7.09. The molecule has 6 heteroatoms. The molecule has 146 valence electrons. The van der Waals surface area contributed by atoms with E-state index in [1.54, 1.807) is 36.4 Å². The van der Waals surface area contributed by atoms with Crippen molar-refractivity contribution in [1.82, 2.24) is 4.90 Å².